The molecular weight excluding hydrogens is 430 g/mol. The number of carbonyl (C=O) groups excluding carboxylic acids is 1. The lowest BCUT2D eigenvalue weighted by atomic mass is 9.83. The lowest BCUT2D eigenvalue weighted by molar-refractivity contribution is -0.146. The Morgan fingerprint density at radius 1 is 1.09 bits per heavy atom. The van der Waals surface area contributed by atoms with Crippen LogP contribution in [0.5, 0.6) is 5.75 Å². The third kappa shape index (κ3) is 4.67. The van der Waals surface area contributed by atoms with E-state index in [1.54, 1.807) is 30.3 Å². The first-order chi connectivity index (χ1) is 15.3. The molecule has 2 aromatic rings. The average Bonchev–Trinajstić information content (AvgIpc) is 3.12. The number of likely N-dealkylation sites (tertiary alicyclic amines) is 1. The van der Waals surface area contributed by atoms with Crippen LogP contribution in [0.1, 0.15) is 36.8 Å². The Morgan fingerprint density at radius 2 is 1.81 bits per heavy atom. The second-order valence-corrected chi connectivity index (χ2v) is 10.2. The second kappa shape index (κ2) is 9.21. The maximum atomic E-state index is 12.8. The minimum atomic E-state index is -4.00. The van der Waals surface area contributed by atoms with Crippen LogP contribution in [-0.2, 0) is 26.2 Å². The first-order valence-electron chi connectivity index (χ1n) is 10.9. The molecule has 1 saturated heterocycles. The molecule has 32 heavy (non-hydrogen) atoms. The van der Waals surface area contributed by atoms with Gasteiger partial charge in [-0.15, -0.1) is 0 Å². The Hall–Kier alpha value is -2.42. The fraction of sp³-hybridized carbons (Fsp3) is 0.458. The molecule has 0 radical (unpaired) electrons. The molecule has 1 aliphatic carbocycles. The zero-order valence-electron chi connectivity index (χ0n) is 18.3. The first-order valence-corrected chi connectivity index (χ1v) is 12.3. The number of ether oxygens (including phenoxy) is 1. The van der Waals surface area contributed by atoms with E-state index in [-0.39, 0.29) is 22.7 Å². The molecule has 2 aromatic carbocycles. The summed E-state index contributed by atoms with van der Waals surface area (Å²) in [4.78, 5) is 14.6. The maximum Gasteiger partial charge on any atom is 0.339 e. The van der Waals surface area contributed by atoms with Gasteiger partial charge in [0.15, 0.2) is 0 Å². The number of methoxy groups -OCH3 is 1. The summed E-state index contributed by atoms with van der Waals surface area (Å²) < 4.78 is 36.3. The molecule has 1 N–H and O–H groups in total. The number of aliphatic hydroxyl groups excluding tert-OH is 1. The van der Waals surface area contributed by atoms with E-state index in [1.807, 2.05) is 17.9 Å². The lowest BCUT2D eigenvalue weighted by Gasteiger charge is -2.35. The molecule has 1 heterocycles. The van der Waals surface area contributed by atoms with Gasteiger partial charge in [0.2, 0.25) is 0 Å². The van der Waals surface area contributed by atoms with Gasteiger partial charge in [-0.1, -0.05) is 35.9 Å². The van der Waals surface area contributed by atoms with Crippen molar-refractivity contribution in [3.63, 3.8) is 0 Å². The summed E-state index contributed by atoms with van der Waals surface area (Å²) in [5.41, 5.74) is 1.62. The number of aliphatic hydroxyl groups is 1. The molecule has 8 heteroatoms. The number of para-hydroxylation sites is 1. The molecule has 2 fully saturated rings. The van der Waals surface area contributed by atoms with Gasteiger partial charge in [-0.25, -0.2) is 0 Å². The number of nitrogens with zero attached hydrogens (tertiary/aromatic N) is 1. The number of hydrogen-bond donors (Lipinski definition) is 1. The van der Waals surface area contributed by atoms with Crippen molar-refractivity contribution in [2.24, 2.45) is 5.92 Å². The van der Waals surface area contributed by atoms with Gasteiger partial charge < -0.3 is 14.0 Å². The molecule has 2 aliphatic rings. The van der Waals surface area contributed by atoms with Crippen molar-refractivity contribution in [1.29, 1.82) is 0 Å². The van der Waals surface area contributed by atoms with E-state index in [0.29, 0.717) is 30.9 Å². The van der Waals surface area contributed by atoms with E-state index in [0.717, 1.165) is 18.4 Å². The molecule has 1 aliphatic heterocycles. The number of hydrogen-bond acceptors (Lipinski definition) is 7. The third-order valence-corrected chi connectivity index (χ3v) is 7.84. The van der Waals surface area contributed by atoms with Crippen molar-refractivity contribution >= 4 is 16.1 Å². The highest BCUT2D eigenvalue weighted by atomic mass is 32.2. The molecule has 4 rings (SSSR count). The van der Waals surface area contributed by atoms with Gasteiger partial charge in [0, 0.05) is 18.2 Å². The molecule has 0 spiro atoms. The summed E-state index contributed by atoms with van der Waals surface area (Å²) >= 11 is 0. The Balaban J connectivity index is 1.61. The summed E-state index contributed by atoms with van der Waals surface area (Å²) in [6.07, 6.45) is 2.45. The Kier molecular flexibility index (Phi) is 6.55. The van der Waals surface area contributed by atoms with Crippen LogP contribution in [0.4, 0.5) is 0 Å². The van der Waals surface area contributed by atoms with Crippen LogP contribution in [-0.4, -0.2) is 49.7 Å². The zero-order chi connectivity index (χ0) is 22.9. The van der Waals surface area contributed by atoms with Crippen molar-refractivity contribution < 1.29 is 27.2 Å². The molecular formula is C24H29NO6S. The van der Waals surface area contributed by atoms with Crippen LogP contribution in [0.2, 0.25) is 0 Å². The van der Waals surface area contributed by atoms with Crippen molar-refractivity contribution in [2.75, 3.05) is 7.11 Å². The van der Waals surface area contributed by atoms with Gasteiger partial charge in [-0.05, 0) is 56.7 Å². The lowest BCUT2D eigenvalue weighted by Crippen LogP contribution is -2.44. The van der Waals surface area contributed by atoms with Crippen molar-refractivity contribution in [3.8, 4) is 5.75 Å². The van der Waals surface area contributed by atoms with Crippen molar-refractivity contribution in [3.05, 3.63) is 59.7 Å². The molecule has 0 amide bonds. The summed E-state index contributed by atoms with van der Waals surface area (Å²) in [7, 11) is -2.63. The molecule has 172 valence electrons. The van der Waals surface area contributed by atoms with Crippen LogP contribution in [0.25, 0.3) is 0 Å². The highest BCUT2D eigenvalue weighted by Gasteiger charge is 2.47. The fourth-order valence-corrected chi connectivity index (χ4v) is 5.87. The minimum absolute atomic E-state index is 0.0320. The van der Waals surface area contributed by atoms with Gasteiger partial charge >= 0.3 is 16.1 Å². The van der Waals surface area contributed by atoms with E-state index in [2.05, 4.69) is 0 Å². The molecule has 1 saturated carbocycles. The van der Waals surface area contributed by atoms with Crippen molar-refractivity contribution in [2.45, 2.75) is 62.2 Å². The van der Waals surface area contributed by atoms with Gasteiger partial charge in [0.1, 0.15) is 16.7 Å². The molecule has 7 nitrogen and oxygen atoms in total. The standard InChI is InChI=1S/C24H29NO6S/c1-16-7-11-20(12-8-16)32(28,29)31-23-6-4-3-5-18(23)15-25-21-14-19(26)10-9-17(21)13-22(25)24(27)30-2/h3-8,11-12,17,19,21-22,26H,9-10,13-15H2,1-2H3/t17-,19-,21-,22+/m1/s1. The zero-order valence-corrected chi connectivity index (χ0v) is 19.1. The monoisotopic (exact) mass is 459 g/mol. The minimum Gasteiger partial charge on any atom is -0.468 e. The quantitative estimate of drug-likeness (QED) is 0.524. The molecule has 4 atom stereocenters. The molecule has 0 aromatic heterocycles. The van der Waals surface area contributed by atoms with Crippen LogP contribution in [0.15, 0.2) is 53.4 Å². The maximum absolute atomic E-state index is 12.8. The van der Waals surface area contributed by atoms with E-state index in [1.165, 1.54) is 19.2 Å². The van der Waals surface area contributed by atoms with Gasteiger partial charge in [0.25, 0.3) is 0 Å². The molecule has 0 unspecified atom stereocenters. The largest absolute Gasteiger partial charge is 0.468 e. The van der Waals surface area contributed by atoms with Gasteiger partial charge in [-0.3, -0.25) is 9.69 Å². The summed E-state index contributed by atoms with van der Waals surface area (Å²) in [5, 5.41) is 10.2. The predicted octanol–water partition coefficient (Wildman–Crippen LogP) is 3.04. The van der Waals surface area contributed by atoms with Crippen molar-refractivity contribution in [1.82, 2.24) is 4.90 Å². The Bertz CT molecular complexity index is 1070. The number of fused-ring (bicyclic) bond motifs is 1. The number of esters is 1. The Labute approximate surface area is 189 Å². The number of aryl methyl sites for hydroxylation is 1. The Morgan fingerprint density at radius 3 is 2.53 bits per heavy atom. The number of benzene rings is 2. The number of carbonyl (C=O) groups is 1. The number of rotatable bonds is 6. The highest BCUT2D eigenvalue weighted by Crippen LogP contribution is 2.41. The van der Waals surface area contributed by atoms with Crippen LogP contribution in [0.3, 0.4) is 0 Å². The summed E-state index contributed by atoms with van der Waals surface area (Å²) in [5.74, 6) is 0.225. The summed E-state index contributed by atoms with van der Waals surface area (Å²) in [6.45, 7) is 2.21. The van der Waals surface area contributed by atoms with Crippen LogP contribution >= 0.6 is 0 Å². The molecule has 0 bridgehead atoms. The SMILES string of the molecule is COC(=O)[C@@H]1C[C@H]2CC[C@@H](O)C[C@H]2N1Cc1ccccc1OS(=O)(=O)c1ccc(C)cc1. The third-order valence-electron chi connectivity index (χ3n) is 6.59. The van der Waals surface area contributed by atoms with Crippen LogP contribution < -0.4 is 4.18 Å². The summed E-state index contributed by atoms with van der Waals surface area (Å²) in [6, 6.07) is 13.1. The van der Waals surface area contributed by atoms with Gasteiger partial charge in [0.05, 0.1) is 13.2 Å². The van der Waals surface area contributed by atoms with E-state index < -0.39 is 22.3 Å². The van der Waals surface area contributed by atoms with E-state index >= 15 is 0 Å². The van der Waals surface area contributed by atoms with E-state index in [9.17, 15) is 18.3 Å². The van der Waals surface area contributed by atoms with Crippen LogP contribution in [0, 0.1) is 12.8 Å². The van der Waals surface area contributed by atoms with Gasteiger partial charge in [-0.2, -0.15) is 8.42 Å². The first kappa shape index (κ1) is 22.8. The predicted molar refractivity (Wildman–Crippen MR) is 119 cm³/mol. The second-order valence-electron chi connectivity index (χ2n) is 8.70. The smallest absolute Gasteiger partial charge is 0.339 e. The highest BCUT2D eigenvalue weighted by molar-refractivity contribution is 7.87. The van der Waals surface area contributed by atoms with E-state index in [4.69, 9.17) is 8.92 Å². The average molecular weight is 460 g/mol. The fourth-order valence-electron chi connectivity index (χ4n) is 4.90. The normalized spacial score (nSPS) is 25.8. The topological polar surface area (TPSA) is 93.1 Å².